The summed E-state index contributed by atoms with van der Waals surface area (Å²) >= 11 is 1.53. The Labute approximate surface area is 94.1 Å². The van der Waals surface area contributed by atoms with Gasteiger partial charge in [-0.25, -0.2) is 4.90 Å². The molecule has 0 aromatic rings. The normalized spacial score (nSPS) is 17.5. The third-order valence-corrected chi connectivity index (χ3v) is 2.75. The van der Waals surface area contributed by atoms with Crippen molar-refractivity contribution in [3.8, 4) is 0 Å². The molecule has 0 heterocycles. The Hall–Kier alpha value is -0.300. The molecule has 3 N–H and O–H groups in total. The first-order chi connectivity index (χ1) is 6.91. The largest absolute Gasteiger partial charge is 0.480 e. The van der Waals surface area contributed by atoms with Gasteiger partial charge in [0.2, 0.25) is 0 Å². The fourth-order valence-electron chi connectivity index (χ4n) is 1.46. The second-order valence-electron chi connectivity index (χ2n) is 3.35. The van der Waals surface area contributed by atoms with E-state index in [4.69, 9.17) is 5.11 Å². The van der Waals surface area contributed by atoms with Crippen LogP contribution in [0.25, 0.3) is 0 Å². The molecule has 0 aliphatic rings. The summed E-state index contributed by atoms with van der Waals surface area (Å²) in [5.74, 6) is -0.349. The molecular weight excluding hydrogens is 218 g/mol. The van der Waals surface area contributed by atoms with Crippen molar-refractivity contribution in [2.45, 2.75) is 38.8 Å². The Bertz CT molecular complexity index is 191. The van der Waals surface area contributed by atoms with E-state index in [0.717, 1.165) is 0 Å². The summed E-state index contributed by atoms with van der Waals surface area (Å²) in [6.45, 7) is 2.89. The predicted octanol–water partition coefficient (Wildman–Crippen LogP) is 0.171. The maximum Gasteiger partial charge on any atom is 0.321 e. The van der Waals surface area contributed by atoms with Crippen LogP contribution in [0.1, 0.15) is 20.3 Å². The van der Waals surface area contributed by atoms with Crippen molar-refractivity contribution in [2.75, 3.05) is 12.0 Å². The zero-order chi connectivity index (χ0) is 12.0. The van der Waals surface area contributed by atoms with Crippen LogP contribution in [0.4, 0.5) is 0 Å². The standard InChI is InChI=1S/C9H19NO4S/c1-6(11)10(7(2)12)8(9(13)14)4-5-15-3/h6-8,11-12H,4-5H2,1-3H3,(H,13,14)/t6?,7?,8-/m0/s1. The van der Waals surface area contributed by atoms with Gasteiger partial charge in [0.05, 0.1) is 0 Å². The monoisotopic (exact) mass is 237 g/mol. The van der Waals surface area contributed by atoms with Gasteiger partial charge in [0.25, 0.3) is 0 Å². The average Bonchev–Trinajstić information content (AvgIpc) is 2.09. The molecule has 6 heteroatoms. The van der Waals surface area contributed by atoms with Gasteiger partial charge < -0.3 is 15.3 Å². The summed E-state index contributed by atoms with van der Waals surface area (Å²) < 4.78 is 0. The molecule has 0 amide bonds. The van der Waals surface area contributed by atoms with Gasteiger partial charge in [0.1, 0.15) is 18.5 Å². The molecule has 90 valence electrons. The predicted molar refractivity (Wildman–Crippen MR) is 59.6 cm³/mol. The van der Waals surface area contributed by atoms with E-state index in [2.05, 4.69) is 0 Å². The number of aliphatic carboxylic acids is 1. The smallest absolute Gasteiger partial charge is 0.321 e. The van der Waals surface area contributed by atoms with Gasteiger partial charge in [-0.2, -0.15) is 11.8 Å². The van der Waals surface area contributed by atoms with Crippen LogP contribution in [0.15, 0.2) is 0 Å². The Morgan fingerprint density at radius 3 is 2.07 bits per heavy atom. The van der Waals surface area contributed by atoms with Crippen molar-refractivity contribution < 1.29 is 20.1 Å². The highest BCUT2D eigenvalue weighted by molar-refractivity contribution is 7.98. The van der Waals surface area contributed by atoms with Crippen LogP contribution in [-0.2, 0) is 4.79 Å². The van der Waals surface area contributed by atoms with E-state index in [9.17, 15) is 15.0 Å². The molecule has 0 aromatic carbocycles. The number of carbonyl (C=O) groups is 1. The Morgan fingerprint density at radius 1 is 1.33 bits per heavy atom. The van der Waals surface area contributed by atoms with Gasteiger partial charge in [0.15, 0.2) is 0 Å². The molecule has 0 rings (SSSR count). The number of aliphatic hydroxyl groups is 2. The molecule has 3 atom stereocenters. The fraction of sp³-hybridized carbons (Fsp3) is 0.889. The van der Waals surface area contributed by atoms with Crippen LogP contribution in [0.5, 0.6) is 0 Å². The molecular formula is C9H19NO4S. The van der Waals surface area contributed by atoms with Crippen LogP contribution < -0.4 is 0 Å². The number of aliphatic hydroxyl groups excluding tert-OH is 2. The van der Waals surface area contributed by atoms with Crippen molar-refractivity contribution in [2.24, 2.45) is 0 Å². The van der Waals surface area contributed by atoms with Crippen molar-refractivity contribution in [1.82, 2.24) is 4.90 Å². The lowest BCUT2D eigenvalue weighted by Crippen LogP contribution is -2.51. The number of rotatable bonds is 7. The van der Waals surface area contributed by atoms with Gasteiger partial charge in [-0.15, -0.1) is 0 Å². The van der Waals surface area contributed by atoms with E-state index in [-0.39, 0.29) is 0 Å². The zero-order valence-corrected chi connectivity index (χ0v) is 10.1. The lowest BCUT2D eigenvalue weighted by molar-refractivity contribution is -0.161. The number of nitrogens with zero attached hydrogens (tertiary/aromatic N) is 1. The Morgan fingerprint density at radius 2 is 1.80 bits per heavy atom. The Kier molecular flexibility index (Phi) is 6.91. The molecule has 15 heavy (non-hydrogen) atoms. The maximum atomic E-state index is 11.0. The van der Waals surface area contributed by atoms with Crippen LogP contribution in [0.3, 0.4) is 0 Å². The van der Waals surface area contributed by atoms with Crippen molar-refractivity contribution >= 4 is 17.7 Å². The summed E-state index contributed by atoms with van der Waals surface area (Å²) in [7, 11) is 0. The number of hydrogen-bond donors (Lipinski definition) is 3. The van der Waals surface area contributed by atoms with Crippen LogP contribution >= 0.6 is 11.8 Å². The van der Waals surface area contributed by atoms with Crippen LogP contribution in [0, 0.1) is 0 Å². The van der Waals surface area contributed by atoms with Crippen LogP contribution in [0.2, 0.25) is 0 Å². The molecule has 0 aromatic heterocycles. The van der Waals surface area contributed by atoms with Gasteiger partial charge in [0, 0.05) is 0 Å². The molecule has 0 aliphatic carbocycles. The Balaban J connectivity index is 4.60. The summed E-state index contributed by atoms with van der Waals surface area (Å²) in [6, 6.07) is -0.850. The summed E-state index contributed by atoms with van der Waals surface area (Å²) in [6.07, 6.45) is 0.321. The molecule has 0 radical (unpaired) electrons. The minimum atomic E-state index is -1.02. The maximum absolute atomic E-state index is 11.0. The average molecular weight is 237 g/mol. The minimum absolute atomic E-state index is 0.395. The van der Waals surface area contributed by atoms with E-state index in [1.165, 1.54) is 30.5 Å². The first kappa shape index (κ1) is 14.7. The van der Waals surface area contributed by atoms with E-state index >= 15 is 0 Å². The zero-order valence-electron chi connectivity index (χ0n) is 9.25. The highest BCUT2D eigenvalue weighted by atomic mass is 32.2. The first-order valence-corrected chi connectivity index (χ1v) is 6.16. The highest BCUT2D eigenvalue weighted by Gasteiger charge is 2.30. The molecule has 0 bridgehead atoms. The molecule has 0 saturated heterocycles. The minimum Gasteiger partial charge on any atom is -0.480 e. The van der Waals surface area contributed by atoms with Gasteiger partial charge >= 0.3 is 5.97 Å². The molecule has 0 saturated carbocycles. The summed E-state index contributed by atoms with van der Waals surface area (Å²) in [5.41, 5.74) is 0. The summed E-state index contributed by atoms with van der Waals surface area (Å²) in [5, 5.41) is 27.8. The van der Waals surface area contributed by atoms with Crippen molar-refractivity contribution in [1.29, 1.82) is 0 Å². The van der Waals surface area contributed by atoms with E-state index < -0.39 is 24.5 Å². The third kappa shape index (κ3) is 4.83. The van der Waals surface area contributed by atoms with E-state index in [1.807, 2.05) is 6.26 Å². The van der Waals surface area contributed by atoms with Crippen molar-refractivity contribution in [3.63, 3.8) is 0 Å². The fourth-order valence-corrected chi connectivity index (χ4v) is 1.92. The lowest BCUT2D eigenvalue weighted by Gasteiger charge is -2.33. The molecule has 0 spiro atoms. The van der Waals surface area contributed by atoms with E-state index in [1.54, 1.807) is 0 Å². The van der Waals surface area contributed by atoms with E-state index in [0.29, 0.717) is 12.2 Å². The number of carboxylic acid groups (broad SMARTS) is 1. The highest BCUT2D eigenvalue weighted by Crippen LogP contribution is 2.14. The molecule has 2 unspecified atom stereocenters. The quantitative estimate of drug-likeness (QED) is 0.548. The van der Waals surface area contributed by atoms with Gasteiger partial charge in [-0.1, -0.05) is 0 Å². The second kappa shape index (κ2) is 7.05. The topological polar surface area (TPSA) is 81.0 Å². The third-order valence-electron chi connectivity index (χ3n) is 2.10. The molecule has 0 aliphatic heterocycles. The summed E-state index contributed by atoms with van der Waals surface area (Å²) in [4.78, 5) is 12.2. The molecule has 0 fully saturated rings. The number of thioether (sulfide) groups is 1. The first-order valence-electron chi connectivity index (χ1n) is 4.77. The second-order valence-corrected chi connectivity index (χ2v) is 4.33. The van der Waals surface area contributed by atoms with Crippen molar-refractivity contribution in [3.05, 3.63) is 0 Å². The lowest BCUT2D eigenvalue weighted by atomic mass is 10.2. The van der Waals surface area contributed by atoms with Gasteiger partial charge in [-0.3, -0.25) is 4.79 Å². The number of hydrogen-bond acceptors (Lipinski definition) is 5. The number of carboxylic acids is 1. The van der Waals surface area contributed by atoms with Crippen LogP contribution in [-0.4, -0.2) is 56.7 Å². The SMILES string of the molecule is CSCC[C@@H](C(=O)O)N(C(C)O)C(C)O. The molecule has 5 nitrogen and oxygen atoms in total. The van der Waals surface area contributed by atoms with Gasteiger partial charge in [-0.05, 0) is 32.3 Å².